The number of allylic oxidation sites excluding steroid dienone is 6. The first-order chi connectivity index (χ1) is 13.7. The second-order valence-corrected chi connectivity index (χ2v) is 8.90. The normalized spacial score (nSPS) is 29.9. The molecule has 0 N–H and O–H groups in total. The molecule has 0 aromatic rings. The van der Waals surface area contributed by atoms with Crippen LogP contribution < -0.4 is 0 Å². The molecule has 0 radical (unpaired) electrons. The van der Waals surface area contributed by atoms with Crippen molar-refractivity contribution >= 4 is 11.8 Å². The lowest BCUT2D eigenvalue weighted by Gasteiger charge is -2.24. The summed E-state index contributed by atoms with van der Waals surface area (Å²) in [6, 6.07) is 0. The van der Waals surface area contributed by atoms with Gasteiger partial charge in [-0.15, -0.1) is 0 Å². The fourth-order valence-corrected chi connectivity index (χ4v) is 5.38. The Morgan fingerprint density at radius 2 is 1.86 bits per heavy atom. The van der Waals surface area contributed by atoms with Gasteiger partial charge in [0.05, 0.1) is 7.11 Å². The molecule has 2 unspecified atom stereocenters. The van der Waals surface area contributed by atoms with Crippen LogP contribution in [0.1, 0.15) is 70.6 Å². The maximum Gasteiger partial charge on any atom is 0.305 e. The van der Waals surface area contributed by atoms with Crippen LogP contribution in [0.4, 0.5) is 0 Å². The van der Waals surface area contributed by atoms with E-state index in [1.165, 1.54) is 45.6 Å². The van der Waals surface area contributed by atoms with Crippen LogP contribution in [-0.2, 0) is 14.3 Å². The van der Waals surface area contributed by atoms with Crippen LogP contribution in [0, 0.1) is 29.6 Å². The van der Waals surface area contributed by atoms with E-state index in [1.54, 1.807) is 0 Å². The van der Waals surface area contributed by atoms with Gasteiger partial charge in [-0.25, -0.2) is 0 Å². The molecule has 3 aliphatic rings. The molecule has 3 nitrogen and oxygen atoms in total. The van der Waals surface area contributed by atoms with E-state index >= 15 is 0 Å². The summed E-state index contributed by atoms with van der Waals surface area (Å²) in [5, 5.41) is 0. The van der Waals surface area contributed by atoms with Gasteiger partial charge in [0.1, 0.15) is 0 Å². The average Bonchev–Trinajstić information content (AvgIpc) is 3.31. The molecule has 0 aliphatic heterocycles. The maximum absolute atomic E-state index is 12.4. The van der Waals surface area contributed by atoms with Gasteiger partial charge in [-0.2, -0.15) is 0 Å². The standard InChI is InChI=1S/C25H36O3/c1-28-25(27)12-8-3-2-7-11-23-20-13-14-21(18-20)24(23)16-15-22(26)17-19-9-5-4-6-10-19/h2,7,13-16,19-21,23-24H,3-6,8-12,17-18H2,1H3/b7-2-,16-15?/t20-,21-,23?,24?/m0/s1. The SMILES string of the molecule is COC(=O)CCC/C=C\CC1C(C=CC(=O)CC2CCCCC2)[C@H]2C=C[C@H]1C2. The molecule has 4 atom stereocenters. The van der Waals surface area contributed by atoms with Gasteiger partial charge in [-0.3, -0.25) is 9.59 Å². The molecule has 2 fully saturated rings. The number of methoxy groups -OCH3 is 1. The molecule has 0 aromatic heterocycles. The number of carbonyl (C=O) groups excluding carboxylic acids is 2. The van der Waals surface area contributed by atoms with Crippen LogP contribution in [-0.4, -0.2) is 18.9 Å². The molecule has 2 saturated carbocycles. The van der Waals surface area contributed by atoms with Crippen LogP contribution >= 0.6 is 0 Å². The van der Waals surface area contributed by atoms with Gasteiger partial charge in [0.2, 0.25) is 0 Å². The average molecular weight is 385 g/mol. The molecular formula is C25H36O3. The lowest BCUT2D eigenvalue weighted by Crippen LogP contribution is -2.18. The number of unbranched alkanes of at least 4 members (excludes halogenated alkanes) is 1. The highest BCUT2D eigenvalue weighted by Gasteiger charge is 2.42. The number of esters is 1. The molecule has 154 valence electrons. The number of fused-ring (bicyclic) bond motifs is 2. The molecule has 0 heterocycles. The number of hydrogen-bond acceptors (Lipinski definition) is 3. The third-order valence-corrected chi connectivity index (χ3v) is 6.96. The van der Waals surface area contributed by atoms with E-state index < -0.39 is 0 Å². The Kier molecular flexibility index (Phi) is 8.12. The maximum atomic E-state index is 12.4. The third-order valence-electron chi connectivity index (χ3n) is 6.96. The van der Waals surface area contributed by atoms with Crippen LogP contribution in [0.5, 0.6) is 0 Å². The highest BCUT2D eigenvalue weighted by molar-refractivity contribution is 5.89. The quantitative estimate of drug-likeness (QED) is 0.207. The van der Waals surface area contributed by atoms with Gasteiger partial charge in [0, 0.05) is 12.8 Å². The topological polar surface area (TPSA) is 43.4 Å². The second-order valence-electron chi connectivity index (χ2n) is 8.90. The van der Waals surface area contributed by atoms with E-state index in [-0.39, 0.29) is 5.97 Å². The number of ether oxygens (including phenoxy) is 1. The summed E-state index contributed by atoms with van der Waals surface area (Å²) in [6.07, 6.45) is 25.1. The number of hydrogen-bond donors (Lipinski definition) is 0. The van der Waals surface area contributed by atoms with Crippen molar-refractivity contribution in [3.05, 3.63) is 36.5 Å². The van der Waals surface area contributed by atoms with E-state index in [9.17, 15) is 9.59 Å². The zero-order valence-electron chi connectivity index (χ0n) is 17.4. The minimum atomic E-state index is -0.130. The molecule has 0 amide bonds. The largest absolute Gasteiger partial charge is 0.469 e. The van der Waals surface area contributed by atoms with Crippen molar-refractivity contribution in [1.29, 1.82) is 0 Å². The first kappa shape index (κ1) is 21.1. The van der Waals surface area contributed by atoms with Crippen LogP contribution in [0.3, 0.4) is 0 Å². The van der Waals surface area contributed by atoms with Crippen molar-refractivity contribution in [2.75, 3.05) is 7.11 Å². The van der Waals surface area contributed by atoms with Gasteiger partial charge in [-0.1, -0.05) is 62.5 Å². The number of rotatable bonds is 10. The van der Waals surface area contributed by atoms with E-state index in [0.29, 0.717) is 41.8 Å². The van der Waals surface area contributed by atoms with Gasteiger partial charge >= 0.3 is 5.97 Å². The van der Waals surface area contributed by atoms with E-state index in [4.69, 9.17) is 0 Å². The first-order valence-electron chi connectivity index (χ1n) is 11.3. The molecule has 28 heavy (non-hydrogen) atoms. The predicted molar refractivity (Wildman–Crippen MR) is 113 cm³/mol. The molecule has 3 heteroatoms. The third kappa shape index (κ3) is 5.93. The summed E-state index contributed by atoms with van der Waals surface area (Å²) < 4.78 is 4.67. The number of ketones is 1. The Balaban J connectivity index is 1.45. The minimum Gasteiger partial charge on any atom is -0.469 e. The van der Waals surface area contributed by atoms with Gasteiger partial charge in [0.15, 0.2) is 5.78 Å². The van der Waals surface area contributed by atoms with Crippen molar-refractivity contribution in [3.8, 4) is 0 Å². The Labute approximate surface area is 170 Å². The summed E-state index contributed by atoms with van der Waals surface area (Å²) in [7, 11) is 1.44. The summed E-state index contributed by atoms with van der Waals surface area (Å²) in [5.41, 5.74) is 0. The van der Waals surface area contributed by atoms with E-state index in [1.807, 2.05) is 6.08 Å². The highest BCUT2D eigenvalue weighted by Crippen LogP contribution is 2.50. The van der Waals surface area contributed by atoms with Crippen LogP contribution in [0.2, 0.25) is 0 Å². The summed E-state index contributed by atoms with van der Waals surface area (Å²) in [4.78, 5) is 23.6. The summed E-state index contributed by atoms with van der Waals surface area (Å²) in [6.45, 7) is 0. The van der Waals surface area contributed by atoms with Crippen molar-refractivity contribution in [2.45, 2.75) is 70.6 Å². The number of carbonyl (C=O) groups is 2. The van der Waals surface area contributed by atoms with Crippen molar-refractivity contribution in [2.24, 2.45) is 29.6 Å². The van der Waals surface area contributed by atoms with E-state index in [0.717, 1.165) is 25.7 Å². The van der Waals surface area contributed by atoms with Crippen molar-refractivity contribution in [3.63, 3.8) is 0 Å². The smallest absolute Gasteiger partial charge is 0.305 e. The predicted octanol–water partition coefficient (Wildman–Crippen LogP) is 5.81. The Hall–Kier alpha value is -1.64. The monoisotopic (exact) mass is 384 g/mol. The lowest BCUT2D eigenvalue weighted by atomic mass is 9.80. The molecule has 0 aromatic carbocycles. The molecule has 3 aliphatic carbocycles. The Bertz CT molecular complexity index is 609. The summed E-state index contributed by atoms with van der Waals surface area (Å²) >= 11 is 0. The van der Waals surface area contributed by atoms with Crippen molar-refractivity contribution in [1.82, 2.24) is 0 Å². The Morgan fingerprint density at radius 1 is 1.07 bits per heavy atom. The second kappa shape index (κ2) is 10.8. The zero-order chi connectivity index (χ0) is 19.8. The molecule has 0 saturated heterocycles. The molecule has 2 bridgehead atoms. The van der Waals surface area contributed by atoms with Gasteiger partial charge < -0.3 is 4.74 Å². The van der Waals surface area contributed by atoms with Gasteiger partial charge in [0.25, 0.3) is 0 Å². The van der Waals surface area contributed by atoms with Gasteiger partial charge in [-0.05, 0) is 61.3 Å². The fraction of sp³-hybridized carbons (Fsp3) is 0.680. The van der Waals surface area contributed by atoms with Crippen LogP contribution in [0.25, 0.3) is 0 Å². The molecule has 3 rings (SSSR count). The van der Waals surface area contributed by atoms with Crippen molar-refractivity contribution < 1.29 is 14.3 Å². The molecular weight excluding hydrogens is 348 g/mol. The van der Waals surface area contributed by atoms with E-state index in [2.05, 4.69) is 35.1 Å². The molecule has 0 spiro atoms. The first-order valence-corrected chi connectivity index (χ1v) is 11.3. The minimum absolute atomic E-state index is 0.130. The highest BCUT2D eigenvalue weighted by atomic mass is 16.5. The summed E-state index contributed by atoms with van der Waals surface area (Å²) in [5.74, 6) is 3.21. The Morgan fingerprint density at radius 3 is 2.64 bits per heavy atom. The van der Waals surface area contributed by atoms with Crippen LogP contribution in [0.15, 0.2) is 36.5 Å². The zero-order valence-corrected chi connectivity index (χ0v) is 17.4. The lowest BCUT2D eigenvalue weighted by molar-refractivity contribution is -0.140. The fourth-order valence-electron chi connectivity index (χ4n) is 5.38.